The first-order chi connectivity index (χ1) is 11.5. The first kappa shape index (κ1) is 16.9. The summed E-state index contributed by atoms with van der Waals surface area (Å²) in [5, 5.41) is 5.00. The summed E-state index contributed by atoms with van der Waals surface area (Å²) in [5.41, 5.74) is 3.94. The number of anilines is 1. The van der Waals surface area contributed by atoms with E-state index in [9.17, 15) is 4.79 Å². The fraction of sp³-hybridized carbons (Fsp3) is 0.263. The van der Waals surface area contributed by atoms with Crippen molar-refractivity contribution in [1.82, 2.24) is 4.98 Å². The van der Waals surface area contributed by atoms with Crippen molar-refractivity contribution in [2.45, 2.75) is 33.7 Å². The maximum Gasteiger partial charge on any atom is 0.270 e. The Labute approximate surface area is 150 Å². The van der Waals surface area contributed by atoms with Crippen LogP contribution in [0, 0.1) is 13.8 Å². The van der Waals surface area contributed by atoms with Gasteiger partial charge in [-0.2, -0.15) is 11.3 Å². The quantitative estimate of drug-likeness (QED) is 0.614. The smallest absolute Gasteiger partial charge is 0.270 e. The van der Waals surface area contributed by atoms with Crippen molar-refractivity contribution in [3.63, 3.8) is 0 Å². The number of aryl methyl sites for hydroxylation is 2. The number of thiazole rings is 1. The highest BCUT2D eigenvalue weighted by molar-refractivity contribution is 7.17. The normalized spacial score (nSPS) is 11.0. The topological polar surface area (TPSA) is 33.2 Å². The average Bonchev–Trinajstić information content (AvgIpc) is 3.18. The molecule has 0 aliphatic rings. The second-order valence-electron chi connectivity index (χ2n) is 6.00. The van der Waals surface area contributed by atoms with Gasteiger partial charge in [0.1, 0.15) is 9.88 Å². The molecule has 3 nitrogen and oxygen atoms in total. The van der Waals surface area contributed by atoms with Gasteiger partial charge >= 0.3 is 0 Å². The zero-order valence-corrected chi connectivity index (χ0v) is 15.9. The van der Waals surface area contributed by atoms with E-state index in [1.807, 2.05) is 68.3 Å². The zero-order valence-electron chi connectivity index (χ0n) is 14.2. The highest BCUT2D eigenvalue weighted by Gasteiger charge is 2.26. The fourth-order valence-electron chi connectivity index (χ4n) is 2.67. The van der Waals surface area contributed by atoms with Crippen LogP contribution in [0.4, 0.5) is 5.69 Å². The summed E-state index contributed by atoms with van der Waals surface area (Å²) in [7, 11) is 0. The molecule has 3 aromatic rings. The molecule has 2 aromatic heterocycles. The molecular formula is C19H20N2OS2. The Morgan fingerprint density at radius 2 is 1.92 bits per heavy atom. The lowest BCUT2D eigenvalue weighted by molar-refractivity contribution is 0.0983. The number of rotatable bonds is 4. The minimum absolute atomic E-state index is 0.0239. The molecule has 0 bridgehead atoms. The Kier molecular flexibility index (Phi) is 4.83. The molecule has 0 radical (unpaired) electrons. The van der Waals surface area contributed by atoms with Crippen LogP contribution in [0.15, 0.2) is 41.1 Å². The fourth-order valence-corrected chi connectivity index (χ4v) is 4.38. The molecule has 24 heavy (non-hydrogen) atoms. The number of para-hydroxylation sites is 1. The number of nitrogens with zero attached hydrogens (tertiary/aromatic N) is 2. The van der Waals surface area contributed by atoms with Gasteiger partial charge in [0.2, 0.25) is 0 Å². The molecule has 0 N–H and O–H groups in total. The lowest BCUT2D eigenvalue weighted by Gasteiger charge is -2.28. The van der Waals surface area contributed by atoms with Crippen LogP contribution in [-0.4, -0.2) is 16.9 Å². The van der Waals surface area contributed by atoms with Crippen molar-refractivity contribution in [3.8, 4) is 10.6 Å². The van der Waals surface area contributed by atoms with E-state index in [0.717, 1.165) is 27.5 Å². The number of hydrogen-bond acceptors (Lipinski definition) is 4. The SMILES string of the molecule is Cc1ccccc1N(C(=O)c1sc(-c2ccsc2)nc1C)C(C)C. The van der Waals surface area contributed by atoms with E-state index in [1.165, 1.54) is 11.3 Å². The number of amides is 1. The van der Waals surface area contributed by atoms with Crippen LogP contribution in [0.5, 0.6) is 0 Å². The standard InChI is InChI=1S/C19H20N2OS2/c1-12(2)21(16-8-6-5-7-13(16)3)19(22)17-14(4)20-18(24-17)15-9-10-23-11-15/h5-12H,1-4H3. The summed E-state index contributed by atoms with van der Waals surface area (Å²) in [5.74, 6) is 0.0239. The molecule has 0 aliphatic carbocycles. The number of hydrogen-bond donors (Lipinski definition) is 0. The van der Waals surface area contributed by atoms with Crippen molar-refractivity contribution in [2.75, 3.05) is 4.90 Å². The molecule has 0 unspecified atom stereocenters. The second-order valence-corrected chi connectivity index (χ2v) is 7.78. The van der Waals surface area contributed by atoms with Crippen molar-refractivity contribution in [2.24, 2.45) is 0 Å². The van der Waals surface area contributed by atoms with Crippen LogP contribution in [0.25, 0.3) is 10.6 Å². The Hall–Kier alpha value is -1.98. The summed E-state index contributed by atoms with van der Waals surface area (Å²) < 4.78 is 0. The summed E-state index contributed by atoms with van der Waals surface area (Å²) >= 11 is 3.12. The minimum Gasteiger partial charge on any atom is -0.305 e. The third-order valence-corrected chi connectivity index (χ3v) is 5.75. The van der Waals surface area contributed by atoms with Gasteiger partial charge in [0.15, 0.2) is 0 Å². The third kappa shape index (κ3) is 3.14. The summed E-state index contributed by atoms with van der Waals surface area (Å²) in [6.45, 7) is 8.03. The highest BCUT2D eigenvalue weighted by Crippen LogP contribution is 2.32. The van der Waals surface area contributed by atoms with E-state index >= 15 is 0 Å². The molecule has 0 atom stereocenters. The number of aromatic nitrogens is 1. The first-order valence-electron chi connectivity index (χ1n) is 7.88. The van der Waals surface area contributed by atoms with Gasteiger partial charge in [0.05, 0.1) is 5.69 Å². The molecule has 0 saturated carbocycles. The van der Waals surface area contributed by atoms with Gasteiger partial charge in [-0.15, -0.1) is 11.3 Å². The number of carbonyl (C=O) groups excluding carboxylic acids is 1. The number of thiophene rings is 1. The van der Waals surface area contributed by atoms with Crippen molar-refractivity contribution in [3.05, 3.63) is 57.2 Å². The van der Waals surface area contributed by atoms with E-state index in [4.69, 9.17) is 0 Å². The average molecular weight is 357 g/mol. The van der Waals surface area contributed by atoms with E-state index in [-0.39, 0.29) is 11.9 Å². The van der Waals surface area contributed by atoms with Crippen LogP contribution in [0.1, 0.15) is 34.8 Å². The summed E-state index contributed by atoms with van der Waals surface area (Å²) in [6.07, 6.45) is 0. The van der Waals surface area contributed by atoms with E-state index < -0.39 is 0 Å². The van der Waals surface area contributed by atoms with Gasteiger partial charge < -0.3 is 4.90 Å². The van der Waals surface area contributed by atoms with E-state index in [2.05, 4.69) is 10.4 Å². The molecule has 0 saturated heterocycles. The van der Waals surface area contributed by atoms with Gasteiger partial charge in [-0.25, -0.2) is 4.98 Å². The Morgan fingerprint density at radius 1 is 1.17 bits per heavy atom. The molecular weight excluding hydrogens is 336 g/mol. The van der Waals surface area contributed by atoms with Gasteiger partial charge in [0, 0.05) is 22.7 Å². The van der Waals surface area contributed by atoms with Crippen LogP contribution in [0.2, 0.25) is 0 Å². The Morgan fingerprint density at radius 3 is 2.54 bits per heavy atom. The molecule has 0 spiro atoms. The predicted octanol–water partition coefficient (Wildman–Crippen LogP) is 5.54. The summed E-state index contributed by atoms with van der Waals surface area (Å²) in [6, 6.07) is 10.1. The Bertz CT molecular complexity index is 850. The maximum absolute atomic E-state index is 13.2. The number of benzene rings is 1. The monoisotopic (exact) mass is 356 g/mol. The minimum atomic E-state index is 0.0239. The molecule has 3 rings (SSSR count). The maximum atomic E-state index is 13.2. The molecule has 2 heterocycles. The second kappa shape index (κ2) is 6.87. The van der Waals surface area contributed by atoms with Crippen molar-refractivity contribution >= 4 is 34.3 Å². The van der Waals surface area contributed by atoms with E-state index in [0.29, 0.717) is 4.88 Å². The largest absolute Gasteiger partial charge is 0.305 e. The van der Waals surface area contributed by atoms with Crippen molar-refractivity contribution in [1.29, 1.82) is 0 Å². The van der Waals surface area contributed by atoms with Crippen LogP contribution in [-0.2, 0) is 0 Å². The first-order valence-corrected chi connectivity index (χ1v) is 9.64. The lowest BCUT2D eigenvalue weighted by atomic mass is 10.1. The predicted molar refractivity (Wildman–Crippen MR) is 103 cm³/mol. The molecule has 1 aromatic carbocycles. The summed E-state index contributed by atoms with van der Waals surface area (Å²) in [4.78, 5) is 20.4. The Balaban J connectivity index is 2.02. The lowest BCUT2D eigenvalue weighted by Crippen LogP contribution is -2.37. The molecule has 5 heteroatoms. The molecule has 1 amide bonds. The van der Waals surface area contributed by atoms with E-state index in [1.54, 1.807) is 11.3 Å². The van der Waals surface area contributed by atoms with Crippen LogP contribution < -0.4 is 4.90 Å². The van der Waals surface area contributed by atoms with Gasteiger partial charge in [-0.3, -0.25) is 4.79 Å². The van der Waals surface area contributed by atoms with Gasteiger partial charge in [0.25, 0.3) is 5.91 Å². The molecule has 0 aliphatic heterocycles. The highest BCUT2D eigenvalue weighted by atomic mass is 32.1. The molecule has 124 valence electrons. The third-order valence-electron chi connectivity index (χ3n) is 3.87. The van der Waals surface area contributed by atoms with Crippen LogP contribution in [0.3, 0.4) is 0 Å². The van der Waals surface area contributed by atoms with Crippen LogP contribution >= 0.6 is 22.7 Å². The molecule has 0 fully saturated rings. The van der Waals surface area contributed by atoms with Crippen molar-refractivity contribution < 1.29 is 4.79 Å². The van der Waals surface area contributed by atoms with Gasteiger partial charge in [-0.05, 0) is 50.8 Å². The zero-order chi connectivity index (χ0) is 17.3. The number of carbonyl (C=O) groups is 1. The van der Waals surface area contributed by atoms with Gasteiger partial charge in [-0.1, -0.05) is 18.2 Å².